The van der Waals surface area contributed by atoms with Crippen LogP contribution in [0.5, 0.6) is 0 Å². The van der Waals surface area contributed by atoms with E-state index >= 15 is 0 Å². The third kappa shape index (κ3) is 8.44. The second kappa shape index (κ2) is 12.7. The SMILES string of the molecule is COC(=O)CO/N=C/c1csc(NC(=O)C(=O)Nc2nc(/C=N/OCC(=O)OC)cs2)n1. The highest BCUT2D eigenvalue weighted by Gasteiger charge is 2.17. The van der Waals surface area contributed by atoms with E-state index < -0.39 is 23.8 Å². The molecule has 0 aliphatic heterocycles. The monoisotopic (exact) mass is 484 g/mol. The summed E-state index contributed by atoms with van der Waals surface area (Å²) in [5, 5.41) is 15.1. The van der Waals surface area contributed by atoms with E-state index in [2.05, 4.69) is 40.4 Å². The maximum Gasteiger partial charge on any atom is 0.346 e. The number of thiazole rings is 2. The number of amides is 2. The molecule has 0 atom stereocenters. The topological polar surface area (TPSA) is 180 Å². The fourth-order valence-electron chi connectivity index (χ4n) is 1.59. The van der Waals surface area contributed by atoms with Crippen molar-refractivity contribution in [3.05, 3.63) is 22.1 Å². The first kappa shape index (κ1) is 24.4. The average Bonchev–Trinajstić information content (AvgIpc) is 3.43. The molecule has 2 N–H and O–H groups in total. The zero-order valence-electron chi connectivity index (χ0n) is 16.6. The van der Waals surface area contributed by atoms with E-state index in [0.29, 0.717) is 11.4 Å². The van der Waals surface area contributed by atoms with Crippen LogP contribution in [0, 0.1) is 0 Å². The van der Waals surface area contributed by atoms with Crippen molar-refractivity contribution in [3.63, 3.8) is 0 Å². The van der Waals surface area contributed by atoms with Crippen molar-refractivity contribution >= 4 is 69.1 Å². The Balaban J connectivity index is 1.79. The van der Waals surface area contributed by atoms with Crippen molar-refractivity contribution in [1.29, 1.82) is 0 Å². The molecule has 2 rings (SSSR count). The molecule has 32 heavy (non-hydrogen) atoms. The molecule has 170 valence electrons. The number of oxime groups is 2. The second-order valence-electron chi connectivity index (χ2n) is 5.23. The molecule has 2 amide bonds. The van der Waals surface area contributed by atoms with Gasteiger partial charge in [-0.3, -0.25) is 20.2 Å². The minimum atomic E-state index is -0.961. The first-order chi connectivity index (χ1) is 15.4. The minimum absolute atomic E-state index is 0.147. The van der Waals surface area contributed by atoms with Crippen LogP contribution in [0.4, 0.5) is 10.3 Å². The van der Waals surface area contributed by atoms with Crippen LogP contribution in [0.2, 0.25) is 0 Å². The van der Waals surface area contributed by atoms with Gasteiger partial charge in [0.25, 0.3) is 0 Å². The van der Waals surface area contributed by atoms with E-state index in [1.807, 2.05) is 0 Å². The molecule has 2 heterocycles. The number of methoxy groups -OCH3 is 2. The van der Waals surface area contributed by atoms with Gasteiger partial charge < -0.3 is 19.1 Å². The van der Waals surface area contributed by atoms with Crippen LogP contribution in [-0.4, -0.2) is 73.6 Å². The first-order valence-corrected chi connectivity index (χ1v) is 10.1. The van der Waals surface area contributed by atoms with Gasteiger partial charge in [-0.1, -0.05) is 10.3 Å². The molecule has 0 fully saturated rings. The summed E-state index contributed by atoms with van der Waals surface area (Å²) in [5.74, 6) is -3.11. The molecule has 0 saturated heterocycles. The quantitative estimate of drug-likeness (QED) is 0.205. The predicted molar refractivity (Wildman–Crippen MR) is 113 cm³/mol. The summed E-state index contributed by atoms with van der Waals surface area (Å²) in [5.41, 5.74) is 0.683. The molecular weight excluding hydrogens is 468 g/mol. The van der Waals surface area contributed by atoms with Gasteiger partial charge in [0, 0.05) is 10.8 Å². The van der Waals surface area contributed by atoms with Gasteiger partial charge in [-0.15, -0.1) is 22.7 Å². The average molecular weight is 484 g/mol. The molecule has 0 bridgehead atoms. The molecule has 0 saturated carbocycles. The van der Waals surface area contributed by atoms with Crippen LogP contribution in [0.1, 0.15) is 11.4 Å². The van der Waals surface area contributed by atoms with Crippen molar-refractivity contribution in [2.75, 3.05) is 38.1 Å². The van der Waals surface area contributed by atoms with Crippen molar-refractivity contribution < 1.29 is 38.3 Å². The Kier molecular flexibility index (Phi) is 9.67. The Labute approximate surface area is 188 Å². The maximum absolute atomic E-state index is 12.0. The summed E-state index contributed by atoms with van der Waals surface area (Å²) >= 11 is 2.10. The molecule has 0 radical (unpaired) electrons. The number of hydrogen-bond donors (Lipinski definition) is 2. The normalized spacial score (nSPS) is 10.7. The lowest BCUT2D eigenvalue weighted by Crippen LogP contribution is -2.29. The fourth-order valence-corrected chi connectivity index (χ4v) is 2.91. The summed E-state index contributed by atoms with van der Waals surface area (Å²) in [4.78, 5) is 63.3. The third-order valence-corrected chi connectivity index (χ3v) is 4.58. The van der Waals surface area contributed by atoms with Crippen LogP contribution >= 0.6 is 22.7 Å². The molecule has 0 unspecified atom stereocenters. The zero-order chi connectivity index (χ0) is 23.3. The Morgan fingerprint density at radius 2 is 1.25 bits per heavy atom. The van der Waals surface area contributed by atoms with Crippen LogP contribution < -0.4 is 10.6 Å². The molecule has 0 aliphatic rings. The smallest absolute Gasteiger partial charge is 0.346 e. The van der Waals surface area contributed by atoms with Gasteiger partial charge >= 0.3 is 23.8 Å². The fraction of sp³-hybridized carbons (Fsp3) is 0.250. The van der Waals surface area contributed by atoms with Gasteiger partial charge in [-0.25, -0.2) is 19.6 Å². The highest BCUT2D eigenvalue weighted by atomic mass is 32.1. The number of nitrogens with one attached hydrogen (secondary N) is 2. The summed E-state index contributed by atoms with van der Waals surface area (Å²) in [7, 11) is 2.43. The summed E-state index contributed by atoms with van der Waals surface area (Å²) in [6.45, 7) is -0.711. The number of nitrogens with zero attached hydrogens (tertiary/aromatic N) is 4. The van der Waals surface area contributed by atoms with Crippen LogP contribution in [-0.2, 0) is 38.3 Å². The van der Waals surface area contributed by atoms with Crippen molar-refractivity contribution in [1.82, 2.24) is 9.97 Å². The Hall–Kier alpha value is -3.92. The van der Waals surface area contributed by atoms with E-state index in [-0.39, 0.29) is 23.5 Å². The number of carbonyl (C=O) groups is 4. The van der Waals surface area contributed by atoms with Gasteiger partial charge in [-0.2, -0.15) is 0 Å². The molecule has 0 spiro atoms. The number of aromatic nitrogens is 2. The van der Waals surface area contributed by atoms with Crippen LogP contribution in [0.3, 0.4) is 0 Å². The number of esters is 2. The Bertz CT molecular complexity index is 938. The minimum Gasteiger partial charge on any atom is -0.466 e. The number of rotatable bonds is 10. The van der Waals surface area contributed by atoms with Gasteiger partial charge in [0.1, 0.15) is 0 Å². The van der Waals surface area contributed by atoms with Crippen molar-refractivity contribution in [2.45, 2.75) is 0 Å². The van der Waals surface area contributed by atoms with Crippen molar-refractivity contribution in [2.24, 2.45) is 10.3 Å². The maximum atomic E-state index is 12.0. The first-order valence-electron chi connectivity index (χ1n) is 8.39. The van der Waals surface area contributed by atoms with Gasteiger partial charge in [0.05, 0.1) is 38.0 Å². The van der Waals surface area contributed by atoms with Crippen molar-refractivity contribution in [3.8, 4) is 0 Å². The lowest BCUT2D eigenvalue weighted by Gasteiger charge is -2.01. The molecular formula is C16H16N6O8S2. The summed E-state index contributed by atoms with van der Waals surface area (Å²) in [6.07, 6.45) is 2.45. The molecule has 16 heteroatoms. The summed E-state index contributed by atoms with van der Waals surface area (Å²) in [6, 6.07) is 0. The van der Waals surface area contributed by atoms with E-state index in [1.54, 1.807) is 10.8 Å². The molecule has 0 aliphatic carbocycles. The lowest BCUT2D eigenvalue weighted by molar-refractivity contribution is -0.146. The Morgan fingerprint density at radius 3 is 1.62 bits per heavy atom. The van der Waals surface area contributed by atoms with Gasteiger partial charge in [0.15, 0.2) is 10.3 Å². The standard InChI is InChI=1S/C16H16N6O8S2/c1-27-11(23)5-29-17-3-9-7-31-15(19-9)21-13(25)14(26)22-16-20-10(8-32-16)4-18-30-6-12(24)28-2/h3-4,7-8H,5-6H2,1-2H3,(H,19,21,25)(H,20,22,26)/b17-3+,18-4+. The highest BCUT2D eigenvalue weighted by Crippen LogP contribution is 2.16. The number of anilines is 2. The van der Waals surface area contributed by atoms with E-state index in [4.69, 9.17) is 9.68 Å². The van der Waals surface area contributed by atoms with E-state index in [9.17, 15) is 19.2 Å². The zero-order valence-corrected chi connectivity index (χ0v) is 18.2. The predicted octanol–water partition coefficient (Wildman–Crippen LogP) is 0.224. The Morgan fingerprint density at radius 1 is 0.844 bits per heavy atom. The summed E-state index contributed by atoms with van der Waals surface area (Å²) < 4.78 is 8.76. The molecule has 0 aromatic carbocycles. The number of hydrogen-bond acceptors (Lipinski definition) is 14. The van der Waals surface area contributed by atoms with Crippen LogP contribution in [0.25, 0.3) is 0 Å². The van der Waals surface area contributed by atoms with E-state index in [1.165, 1.54) is 26.6 Å². The van der Waals surface area contributed by atoms with Gasteiger partial charge in [0.2, 0.25) is 13.2 Å². The van der Waals surface area contributed by atoms with Gasteiger partial charge in [-0.05, 0) is 0 Å². The molecule has 2 aromatic heterocycles. The molecule has 14 nitrogen and oxygen atoms in total. The largest absolute Gasteiger partial charge is 0.466 e. The number of carbonyl (C=O) groups excluding carboxylic acids is 4. The third-order valence-electron chi connectivity index (χ3n) is 3.03. The van der Waals surface area contributed by atoms with E-state index in [0.717, 1.165) is 22.7 Å². The number of ether oxygens (including phenoxy) is 2. The molecule has 2 aromatic rings. The highest BCUT2D eigenvalue weighted by molar-refractivity contribution is 7.14. The van der Waals surface area contributed by atoms with Crippen LogP contribution in [0.15, 0.2) is 21.1 Å². The second-order valence-corrected chi connectivity index (χ2v) is 6.95. The lowest BCUT2D eigenvalue weighted by atomic mass is 10.5.